The quantitative estimate of drug-likeness (QED) is 0.699. The van der Waals surface area contributed by atoms with Crippen LogP contribution >= 0.6 is 0 Å². The summed E-state index contributed by atoms with van der Waals surface area (Å²) in [5, 5.41) is 11.1. The minimum absolute atomic E-state index is 0.482. The highest BCUT2D eigenvalue weighted by molar-refractivity contribution is 5.71. The lowest BCUT2D eigenvalue weighted by atomic mass is 10.1. The zero-order valence-corrected chi connectivity index (χ0v) is 9.04. The molecule has 0 amide bonds. The van der Waals surface area contributed by atoms with Crippen LogP contribution in [-0.4, -0.2) is 20.0 Å². The summed E-state index contributed by atoms with van der Waals surface area (Å²) in [7, 11) is 0. The SMILES string of the molecule is Nc1cc(-c2ccccc2-n2cccn2)[nH]n1. The van der Waals surface area contributed by atoms with Gasteiger partial charge in [-0.1, -0.05) is 18.2 Å². The first-order valence-electron chi connectivity index (χ1n) is 5.25. The Morgan fingerprint density at radius 1 is 1.18 bits per heavy atom. The molecule has 17 heavy (non-hydrogen) atoms. The minimum atomic E-state index is 0.482. The van der Waals surface area contributed by atoms with Crippen molar-refractivity contribution in [1.29, 1.82) is 0 Å². The van der Waals surface area contributed by atoms with Gasteiger partial charge in [0.15, 0.2) is 0 Å². The van der Waals surface area contributed by atoms with Crippen molar-refractivity contribution in [3.05, 3.63) is 48.8 Å². The predicted molar refractivity (Wildman–Crippen MR) is 65.6 cm³/mol. The summed E-state index contributed by atoms with van der Waals surface area (Å²) in [6.07, 6.45) is 3.65. The molecule has 3 N–H and O–H groups in total. The topological polar surface area (TPSA) is 72.5 Å². The van der Waals surface area contributed by atoms with Gasteiger partial charge in [-0.05, 0) is 12.1 Å². The number of nitrogens with one attached hydrogen (secondary N) is 1. The van der Waals surface area contributed by atoms with Crippen molar-refractivity contribution in [1.82, 2.24) is 20.0 Å². The molecule has 5 heteroatoms. The molecule has 2 aromatic heterocycles. The molecular weight excluding hydrogens is 214 g/mol. The standard InChI is InChI=1S/C12H11N5/c13-12-8-10(15-16-12)9-4-1-2-5-11(9)17-7-3-6-14-17/h1-8H,(H3,13,15,16). The molecule has 0 bridgehead atoms. The van der Waals surface area contributed by atoms with Gasteiger partial charge < -0.3 is 5.73 Å². The van der Waals surface area contributed by atoms with Crippen molar-refractivity contribution < 1.29 is 0 Å². The van der Waals surface area contributed by atoms with Crippen molar-refractivity contribution in [2.75, 3.05) is 5.73 Å². The van der Waals surface area contributed by atoms with Gasteiger partial charge in [0.2, 0.25) is 0 Å². The summed E-state index contributed by atoms with van der Waals surface area (Å²) in [6.45, 7) is 0. The highest BCUT2D eigenvalue weighted by atomic mass is 15.3. The highest BCUT2D eigenvalue weighted by Crippen LogP contribution is 2.25. The molecule has 0 fully saturated rings. The molecule has 0 aliphatic heterocycles. The maximum atomic E-state index is 5.62. The summed E-state index contributed by atoms with van der Waals surface area (Å²) in [4.78, 5) is 0. The van der Waals surface area contributed by atoms with Gasteiger partial charge >= 0.3 is 0 Å². The number of rotatable bonds is 2. The molecule has 84 valence electrons. The van der Waals surface area contributed by atoms with E-state index in [2.05, 4.69) is 15.3 Å². The maximum absolute atomic E-state index is 5.62. The Bertz CT molecular complexity index is 624. The van der Waals surface area contributed by atoms with Crippen molar-refractivity contribution >= 4 is 5.82 Å². The molecule has 1 aromatic carbocycles. The average Bonchev–Trinajstić information content (AvgIpc) is 3.00. The third kappa shape index (κ3) is 1.67. The van der Waals surface area contributed by atoms with E-state index in [1.165, 1.54) is 0 Å². The van der Waals surface area contributed by atoms with Gasteiger partial charge in [0.1, 0.15) is 5.82 Å². The predicted octanol–water partition coefficient (Wildman–Crippen LogP) is 1.84. The number of hydrogen-bond donors (Lipinski definition) is 2. The second-order valence-corrected chi connectivity index (χ2v) is 3.67. The van der Waals surface area contributed by atoms with E-state index < -0.39 is 0 Å². The van der Waals surface area contributed by atoms with Crippen molar-refractivity contribution in [3.8, 4) is 16.9 Å². The van der Waals surface area contributed by atoms with Gasteiger partial charge in [0, 0.05) is 24.0 Å². The molecule has 0 aliphatic carbocycles. The van der Waals surface area contributed by atoms with Crippen LogP contribution in [0.3, 0.4) is 0 Å². The minimum Gasteiger partial charge on any atom is -0.382 e. The number of anilines is 1. The van der Waals surface area contributed by atoms with Crippen molar-refractivity contribution in [3.63, 3.8) is 0 Å². The maximum Gasteiger partial charge on any atom is 0.145 e. The summed E-state index contributed by atoms with van der Waals surface area (Å²) >= 11 is 0. The monoisotopic (exact) mass is 225 g/mol. The second kappa shape index (κ2) is 3.79. The van der Waals surface area contributed by atoms with Gasteiger partial charge in [0.25, 0.3) is 0 Å². The molecule has 5 nitrogen and oxygen atoms in total. The lowest BCUT2D eigenvalue weighted by Crippen LogP contribution is -1.97. The van der Waals surface area contributed by atoms with Gasteiger partial charge in [-0.25, -0.2) is 4.68 Å². The molecule has 0 saturated carbocycles. The Morgan fingerprint density at radius 2 is 2.06 bits per heavy atom. The van der Waals surface area contributed by atoms with E-state index in [0.29, 0.717) is 5.82 Å². The normalized spacial score (nSPS) is 10.6. The Morgan fingerprint density at radius 3 is 2.76 bits per heavy atom. The Kier molecular flexibility index (Phi) is 2.15. The largest absolute Gasteiger partial charge is 0.382 e. The van der Waals surface area contributed by atoms with Crippen LogP contribution in [0.5, 0.6) is 0 Å². The molecule has 3 aromatic rings. The molecule has 0 atom stereocenters. The van der Waals surface area contributed by atoms with E-state index in [-0.39, 0.29) is 0 Å². The van der Waals surface area contributed by atoms with Crippen LogP contribution in [0.2, 0.25) is 0 Å². The van der Waals surface area contributed by atoms with Crippen LogP contribution in [0.1, 0.15) is 0 Å². The van der Waals surface area contributed by atoms with Crippen LogP contribution in [0, 0.1) is 0 Å². The van der Waals surface area contributed by atoms with Crippen LogP contribution in [-0.2, 0) is 0 Å². The van der Waals surface area contributed by atoms with Gasteiger partial charge in [-0.2, -0.15) is 10.2 Å². The lowest BCUT2D eigenvalue weighted by Gasteiger charge is -2.07. The smallest absolute Gasteiger partial charge is 0.145 e. The van der Waals surface area contributed by atoms with Gasteiger partial charge in [-0.3, -0.25) is 5.10 Å². The van der Waals surface area contributed by atoms with Crippen LogP contribution in [0.15, 0.2) is 48.8 Å². The van der Waals surface area contributed by atoms with Gasteiger partial charge in [-0.15, -0.1) is 0 Å². The average molecular weight is 225 g/mol. The van der Waals surface area contributed by atoms with Crippen LogP contribution < -0.4 is 5.73 Å². The molecule has 0 radical (unpaired) electrons. The number of aromatic nitrogens is 4. The zero-order valence-electron chi connectivity index (χ0n) is 9.04. The first-order valence-corrected chi connectivity index (χ1v) is 5.25. The molecule has 0 saturated heterocycles. The number of para-hydroxylation sites is 1. The summed E-state index contributed by atoms with van der Waals surface area (Å²) in [5.41, 5.74) is 8.50. The number of aromatic amines is 1. The Balaban J connectivity index is 2.17. The number of benzene rings is 1. The van der Waals surface area contributed by atoms with E-state index >= 15 is 0 Å². The lowest BCUT2D eigenvalue weighted by molar-refractivity contribution is 0.881. The van der Waals surface area contributed by atoms with E-state index in [1.807, 2.05) is 47.3 Å². The van der Waals surface area contributed by atoms with E-state index in [4.69, 9.17) is 5.73 Å². The Hall–Kier alpha value is -2.56. The molecule has 2 heterocycles. The fourth-order valence-corrected chi connectivity index (χ4v) is 1.79. The number of nitrogen functional groups attached to an aromatic ring is 1. The van der Waals surface area contributed by atoms with E-state index in [9.17, 15) is 0 Å². The highest BCUT2D eigenvalue weighted by Gasteiger charge is 2.08. The molecule has 0 aliphatic rings. The second-order valence-electron chi connectivity index (χ2n) is 3.67. The van der Waals surface area contributed by atoms with Gasteiger partial charge in [0.05, 0.1) is 11.4 Å². The first-order chi connectivity index (χ1) is 8.34. The fraction of sp³-hybridized carbons (Fsp3) is 0. The zero-order chi connectivity index (χ0) is 11.7. The van der Waals surface area contributed by atoms with Crippen molar-refractivity contribution in [2.45, 2.75) is 0 Å². The summed E-state index contributed by atoms with van der Waals surface area (Å²) < 4.78 is 1.81. The Labute approximate surface area is 97.9 Å². The third-order valence-electron chi connectivity index (χ3n) is 2.54. The third-order valence-corrected chi connectivity index (χ3v) is 2.54. The molecule has 0 unspecified atom stereocenters. The summed E-state index contributed by atoms with van der Waals surface area (Å²) in [6, 6.07) is 11.6. The van der Waals surface area contributed by atoms with E-state index in [1.54, 1.807) is 6.20 Å². The number of H-pyrrole nitrogens is 1. The fourth-order valence-electron chi connectivity index (χ4n) is 1.79. The first kappa shape index (κ1) is 9.65. The summed E-state index contributed by atoms with van der Waals surface area (Å²) in [5.74, 6) is 0.482. The molecule has 0 spiro atoms. The van der Waals surface area contributed by atoms with Crippen molar-refractivity contribution in [2.24, 2.45) is 0 Å². The molecule has 3 rings (SSSR count). The van der Waals surface area contributed by atoms with E-state index in [0.717, 1.165) is 16.9 Å². The number of hydrogen-bond acceptors (Lipinski definition) is 3. The van der Waals surface area contributed by atoms with Crippen LogP contribution in [0.4, 0.5) is 5.82 Å². The van der Waals surface area contributed by atoms with Crippen LogP contribution in [0.25, 0.3) is 16.9 Å². The number of nitrogens with two attached hydrogens (primary N) is 1. The molecular formula is C12H11N5. The number of nitrogens with zero attached hydrogens (tertiary/aromatic N) is 3.